The average Bonchev–Trinajstić information content (AvgIpc) is 3.18. The summed E-state index contributed by atoms with van der Waals surface area (Å²) >= 11 is 0. The third kappa shape index (κ3) is 4.33. The zero-order chi connectivity index (χ0) is 25.8. The van der Waals surface area contributed by atoms with Crippen molar-refractivity contribution in [2.24, 2.45) is 0 Å². The van der Waals surface area contributed by atoms with E-state index in [1.807, 2.05) is 6.92 Å². The highest BCUT2D eigenvalue weighted by molar-refractivity contribution is 6.52. The SMILES string of the molecule is CCOc1cc(C2/C(=C(/O)c3ccc(OC)cc3)C(=O)C(=O)N2c2ccccc2OC)ccc1OC. The molecule has 1 N–H and O–H groups in total. The van der Waals surface area contributed by atoms with Crippen molar-refractivity contribution in [3.8, 4) is 23.0 Å². The molecule has 36 heavy (non-hydrogen) atoms. The molecule has 0 aliphatic carbocycles. The molecule has 1 fully saturated rings. The summed E-state index contributed by atoms with van der Waals surface area (Å²) in [7, 11) is 4.55. The maximum absolute atomic E-state index is 13.4. The molecule has 1 aliphatic heterocycles. The number of ether oxygens (including phenoxy) is 4. The molecule has 1 atom stereocenters. The predicted molar refractivity (Wildman–Crippen MR) is 135 cm³/mol. The first-order valence-corrected chi connectivity index (χ1v) is 11.3. The molecular weight excluding hydrogens is 462 g/mol. The van der Waals surface area contributed by atoms with Gasteiger partial charge in [-0.25, -0.2) is 0 Å². The van der Waals surface area contributed by atoms with Crippen molar-refractivity contribution in [2.75, 3.05) is 32.8 Å². The number of ketones is 1. The number of amides is 1. The van der Waals surface area contributed by atoms with Crippen molar-refractivity contribution in [3.05, 3.63) is 83.4 Å². The minimum Gasteiger partial charge on any atom is -0.507 e. The lowest BCUT2D eigenvalue weighted by molar-refractivity contribution is -0.132. The monoisotopic (exact) mass is 489 g/mol. The lowest BCUT2D eigenvalue weighted by Crippen LogP contribution is -2.29. The Kier molecular flexibility index (Phi) is 7.15. The number of aliphatic hydroxyl groups excluding tert-OH is 1. The number of anilines is 1. The van der Waals surface area contributed by atoms with Gasteiger partial charge in [-0.3, -0.25) is 14.5 Å². The second kappa shape index (κ2) is 10.4. The van der Waals surface area contributed by atoms with E-state index in [9.17, 15) is 14.7 Å². The average molecular weight is 490 g/mol. The standard InChI is InChI=1S/C28H27NO7/c1-5-36-23-16-18(12-15-22(23)35-4)25-24(26(30)17-10-13-19(33-2)14-11-17)27(31)28(32)29(25)20-8-6-7-9-21(20)34-3/h6-16,25,30H,5H2,1-4H3/b26-24-. The largest absolute Gasteiger partial charge is 0.507 e. The summed E-state index contributed by atoms with van der Waals surface area (Å²) < 4.78 is 21.8. The van der Waals surface area contributed by atoms with E-state index in [2.05, 4.69) is 0 Å². The highest BCUT2D eigenvalue weighted by atomic mass is 16.5. The van der Waals surface area contributed by atoms with Crippen LogP contribution in [0.15, 0.2) is 72.3 Å². The summed E-state index contributed by atoms with van der Waals surface area (Å²) in [5.74, 6) is 0.0625. The van der Waals surface area contributed by atoms with Crippen LogP contribution in [0.5, 0.6) is 23.0 Å². The normalized spacial score (nSPS) is 16.7. The van der Waals surface area contributed by atoms with Crippen molar-refractivity contribution in [1.29, 1.82) is 0 Å². The summed E-state index contributed by atoms with van der Waals surface area (Å²) in [5, 5.41) is 11.3. The highest BCUT2D eigenvalue weighted by Gasteiger charge is 2.48. The summed E-state index contributed by atoms with van der Waals surface area (Å²) in [4.78, 5) is 28.2. The summed E-state index contributed by atoms with van der Waals surface area (Å²) in [6.45, 7) is 2.23. The van der Waals surface area contributed by atoms with E-state index in [0.29, 0.717) is 46.4 Å². The van der Waals surface area contributed by atoms with Crippen molar-refractivity contribution < 1.29 is 33.6 Å². The quantitative estimate of drug-likeness (QED) is 0.278. The first-order chi connectivity index (χ1) is 17.4. The first kappa shape index (κ1) is 24.7. The molecule has 1 aliphatic rings. The fourth-order valence-corrected chi connectivity index (χ4v) is 4.26. The van der Waals surface area contributed by atoms with Gasteiger partial charge in [-0.2, -0.15) is 0 Å². The fourth-order valence-electron chi connectivity index (χ4n) is 4.26. The molecule has 4 rings (SSSR count). The van der Waals surface area contributed by atoms with Crippen molar-refractivity contribution in [1.82, 2.24) is 0 Å². The Morgan fingerprint density at radius 2 is 1.56 bits per heavy atom. The molecule has 0 bridgehead atoms. The van der Waals surface area contributed by atoms with Crippen LogP contribution in [0, 0.1) is 0 Å². The van der Waals surface area contributed by atoms with Crippen LogP contribution in [0.4, 0.5) is 5.69 Å². The first-order valence-electron chi connectivity index (χ1n) is 11.3. The molecule has 8 heteroatoms. The van der Waals surface area contributed by atoms with Gasteiger partial charge >= 0.3 is 0 Å². The van der Waals surface area contributed by atoms with Crippen molar-refractivity contribution >= 4 is 23.1 Å². The molecule has 186 valence electrons. The van der Waals surface area contributed by atoms with Crippen LogP contribution in [0.2, 0.25) is 0 Å². The number of rotatable bonds is 8. The Bertz CT molecular complexity index is 1310. The summed E-state index contributed by atoms with van der Waals surface area (Å²) in [5.41, 5.74) is 1.27. The predicted octanol–water partition coefficient (Wildman–Crippen LogP) is 4.74. The second-order valence-electron chi connectivity index (χ2n) is 7.91. The van der Waals surface area contributed by atoms with E-state index < -0.39 is 17.7 Å². The van der Waals surface area contributed by atoms with Gasteiger partial charge in [0.1, 0.15) is 17.3 Å². The molecule has 3 aromatic rings. The summed E-state index contributed by atoms with van der Waals surface area (Å²) in [6, 6.07) is 17.7. The Balaban J connectivity index is 1.97. The van der Waals surface area contributed by atoms with Gasteiger partial charge in [0.2, 0.25) is 0 Å². The lowest BCUT2D eigenvalue weighted by atomic mass is 9.94. The number of methoxy groups -OCH3 is 3. The zero-order valence-electron chi connectivity index (χ0n) is 20.5. The number of para-hydroxylation sites is 2. The van der Waals surface area contributed by atoms with Gasteiger partial charge in [0.05, 0.1) is 45.2 Å². The molecule has 1 saturated heterocycles. The number of hydrogen-bond donors (Lipinski definition) is 1. The molecule has 1 heterocycles. The number of hydrogen-bond acceptors (Lipinski definition) is 7. The number of carbonyl (C=O) groups is 2. The zero-order valence-corrected chi connectivity index (χ0v) is 20.5. The lowest BCUT2D eigenvalue weighted by Gasteiger charge is -2.27. The van der Waals surface area contributed by atoms with E-state index in [4.69, 9.17) is 18.9 Å². The van der Waals surface area contributed by atoms with Gasteiger partial charge < -0.3 is 24.1 Å². The molecule has 0 saturated carbocycles. The third-order valence-electron chi connectivity index (χ3n) is 5.96. The van der Waals surface area contributed by atoms with Gasteiger partial charge in [0.15, 0.2) is 11.5 Å². The third-order valence-corrected chi connectivity index (χ3v) is 5.96. The van der Waals surface area contributed by atoms with Gasteiger partial charge in [-0.1, -0.05) is 18.2 Å². The van der Waals surface area contributed by atoms with Crippen LogP contribution < -0.4 is 23.8 Å². The smallest absolute Gasteiger partial charge is 0.300 e. The molecule has 3 aromatic carbocycles. The van der Waals surface area contributed by atoms with Crippen molar-refractivity contribution in [2.45, 2.75) is 13.0 Å². The number of Topliss-reactive ketones (excluding diaryl/α,β-unsaturated/α-hetero) is 1. The van der Waals surface area contributed by atoms with Crippen LogP contribution >= 0.6 is 0 Å². The Hall–Kier alpha value is -4.46. The van der Waals surface area contributed by atoms with Gasteiger partial charge in [-0.05, 0) is 61.0 Å². The van der Waals surface area contributed by atoms with Crippen LogP contribution in [-0.2, 0) is 9.59 Å². The van der Waals surface area contributed by atoms with Crippen molar-refractivity contribution in [3.63, 3.8) is 0 Å². The minimum atomic E-state index is -0.950. The van der Waals surface area contributed by atoms with Crippen LogP contribution in [-0.4, -0.2) is 44.7 Å². The molecule has 0 spiro atoms. The number of carbonyl (C=O) groups excluding carboxylic acids is 2. The topological polar surface area (TPSA) is 94.5 Å². The molecule has 8 nitrogen and oxygen atoms in total. The maximum atomic E-state index is 13.4. The van der Waals surface area contributed by atoms with Crippen LogP contribution in [0.25, 0.3) is 5.76 Å². The van der Waals surface area contributed by atoms with E-state index in [-0.39, 0.29) is 11.3 Å². The molecule has 1 amide bonds. The van der Waals surface area contributed by atoms with Gasteiger partial charge in [0.25, 0.3) is 11.7 Å². The molecule has 1 unspecified atom stereocenters. The van der Waals surface area contributed by atoms with Gasteiger partial charge in [-0.15, -0.1) is 0 Å². The Morgan fingerprint density at radius 1 is 0.861 bits per heavy atom. The highest BCUT2D eigenvalue weighted by Crippen LogP contribution is 2.46. The maximum Gasteiger partial charge on any atom is 0.300 e. The Labute approximate surface area is 209 Å². The number of benzene rings is 3. The van der Waals surface area contributed by atoms with E-state index in [0.717, 1.165) is 0 Å². The van der Waals surface area contributed by atoms with E-state index in [1.54, 1.807) is 66.7 Å². The molecular formula is C28H27NO7. The van der Waals surface area contributed by atoms with Gasteiger partial charge in [0, 0.05) is 5.56 Å². The van der Waals surface area contributed by atoms with Crippen LogP contribution in [0.1, 0.15) is 24.1 Å². The fraction of sp³-hybridized carbons (Fsp3) is 0.214. The second-order valence-corrected chi connectivity index (χ2v) is 7.91. The Morgan fingerprint density at radius 3 is 2.19 bits per heavy atom. The number of nitrogens with zero attached hydrogens (tertiary/aromatic N) is 1. The molecule has 0 radical (unpaired) electrons. The molecule has 0 aromatic heterocycles. The van der Waals surface area contributed by atoms with E-state index >= 15 is 0 Å². The number of aliphatic hydroxyl groups is 1. The summed E-state index contributed by atoms with van der Waals surface area (Å²) in [6.07, 6.45) is 0. The van der Waals surface area contributed by atoms with E-state index in [1.165, 1.54) is 26.2 Å². The van der Waals surface area contributed by atoms with Crippen LogP contribution in [0.3, 0.4) is 0 Å². The minimum absolute atomic E-state index is 0.0521.